The van der Waals surface area contributed by atoms with Crippen LogP contribution in [0.25, 0.3) is 10.2 Å². The summed E-state index contributed by atoms with van der Waals surface area (Å²) in [5.74, 6) is 0. The van der Waals surface area contributed by atoms with Crippen molar-refractivity contribution in [1.29, 1.82) is 0 Å². The van der Waals surface area contributed by atoms with Gasteiger partial charge in [-0.15, -0.1) is 22.9 Å². The predicted molar refractivity (Wildman–Crippen MR) is 53.9 cm³/mol. The molecule has 0 radical (unpaired) electrons. The highest BCUT2D eigenvalue weighted by Crippen LogP contribution is 2.28. The Kier molecular flexibility index (Phi) is 2.03. The summed E-state index contributed by atoms with van der Waals surface area (Å²) in [4.78, 5) is 4.40. The van der Waals surface area contributed by atoms with E-state index in [2.05, 4.69) is 11.1 Å². The van der Waals surface area contributed by atoms with Gasteiger partial charge in [0.05, 0.1) is 15.6 Å². The number of nitrogens with zero attached hydrogens (tertiary/aromatic N) is 1. The largest absolute Gasteiger partial charge is 0.240 e. The van der Waals surface area contributed by atoms with Gasteiger partial charge in [0.1, 0.15) is 5.01 Å². The lowest BCUT2D eigenvalue weighted by Crippen LogP contribution is -1.79. The fourth-order valence-electron chi connectivity index (χ4n) is 1.06. The number of rotatable bonds is 1. The summed E-state index contributed by atoms with van der Waals surface area (Å²) in [6.45, 7) is 1.94. The molecule has 1 nitrogen and oxygen atoms in total. The van der Waals surface area contributed by atoms with E-state index in [0.717, 1.165) is 10.5 Å². The normalized spacial score (nSPS) is 13.5. The van der Waals surface area contributed by atoms with Crippen molar-refractivity contribution in [2.75, 3.05) is 0 Å². The molecular weight excluding hydrogens is 190 g/mol. The van der Waals surface area contributed by atoms with Gasteiger partial charge in [0.25, 0.3) is 0 Å². The summed E-state index contributed by atoms with van der Waals surface area (Å²) in [5.41, 5.74) is 1.05. The number of halogens is 1. The molecule has 0 spiro atoms. The van der Waals surface area contributed by atoms with E-state index in [0.29, 0.717) is 0 Å². The van der Waals surface area contributed by atoms with Gasteiger partial charge in [-0.3, -0.25) is 0 Å². The van der Waals surface area contributed by atoms with Crippen molar-refractivity contribution < 1.29 is 0 Å². The molecule has 1 heterocycles. The second kappa shape index (κ2) is 3.04. The minimum absolute atomic E-state index is 0.0161. The third kappa shape index (κ3) is 1.32. The number of benzene rings is 1. The van der Waals surface area contributed by atoms with Gasteiger partial charge in [-0.25, -0.2) is 4.98 Å². The molecular formula is C9H8ClNS. The van der Waals surface area contributed by atoms with Crippen LogP contribution < -0.4 is 0 Å². The maximum Gasteiger partial charge on any atom is 0.111 e. The maximum absolute atomic E-state index is 5.92. The molecule has 1 atom stereocenters. The molecule has 0 N–H and O–H groups in total. The van der Waals surface area contributed by atoms with Crippen molar-refractivity contribution in [1.82, 2.24) is 4.98 Å². The molecule has 2 rings (SSSR count). The molecule has 1 aromatic heterocycles. The van der Waals surface area contributed by atoms with Gasteiger partial charge in [0, 0.05) is 0 Å². The van der Waals surface area contributed by atoms with E-state index in [-0.39, 0.29) is 5.38 Å². The zero-order valence-electron chi connectivity index (χ0n) is 6.62. The Labute approximate surface area is 80.0 Å². The first kappa shape index (κ1) is 8.02. The lowest BCUT2D eigenvalue weighted by molar-refractivity contribution is 1.06. The Balaban J connectivity index is 2.62. The summed E-state index contributed by atoms with van der Waals surface area (Å²) in [6.07, 6.45) is 0. The van der Waals surface area contributed by atoms with E-state index in [4.69, 9.17) is 11.6 Å². The van der Waals surface area contributed by atoms with E-state index in [9.17, 15) is 0 Å². The van der Waals surface area contributed by atoms with Crippen molar-refractivity contribution in [3.63, 3.8) is 0 Å². The van der Waals surface area contributed by atoms with Crippen LogP contribution in [-0.2, 0) is 0 Å². The summed E-state index contributed by atoms with van der Waals surface area (Å²) < 4.78 is 1.21. The molecule has 0 saturated heterocycles. The predicted octanol–water partition coefficient (Wildman–Crippen LogP) is 3.60. The van der Waals surface area contributed by atoms with Gasteiger partial charge < -0.3 is 0 Å². The monoisotopic (exact) mass is 197 g/mol. The molecule has 12 heavy (non-hydrogen) atoms. The van der Waals surface area contributed by atoms with Crippen LogP contribution in [0.3, 0.4) is 0 Å². The van der Waals surface area contributed by atoms with Gasteiger partial charge in [0.15, 0.2) is 0 Å². The number of fused-ring (bicyclic) bond motifs is 1. The van der Waals surface area contributed by atoms with Crippen LogP contribution in [0.4, 0.5) is 0 Å². The van der Waals surface area contributed by atoms with E-state index in [1.54, 1.807) is 11.3 Å². The summed E-state index contributed by atoms with van der Waals surface area (Å²) in [6, 6.07) is 8.08. The van der Waals surface area contributed by atoms with E-state index in [1.807, 2.05) is 25.1 Å². The smallest absolute Gasteiger partial charge is 0.111 e. The zero-order valence-corrected chi connectivity index (χ0v) is 8.19. The van der Waals surface area contributed by atoms with Crippen molar-refractivity contribution in [2.24, 2.45) is 0 Å². The number of hydrogen-bond donors (Lipinski definition) is 0. The van der Waals surface area contributed by atoms with Crippen LogP contribution in [0, 0.1) is 0 Å². The molecule has 0 fully saturated rings. The Hall–Kier alpha value is -0.600. The topological polar surface area (TPSA) is 12.9 Å². The quantitative estimate of drug-likeness (QED) is 0.637. The average molecular weight is 198 g/mol. The van der Waals surface area contributed by atoms with E-state index >= 15 is 0 Å². The molecule has 0 aliphatic heterocycles. The molecule has 0 saturated carbocycles. The SMILES string of the molecule is C[C@@H](Cl)c1nc2ccccc2s1. The molecule has 62 valence electrons. The Bertz CT molecular complexity index is 361. The molecule has 2 aromatic rings. The summed E-state index contributed by atoms with van der Waals surface area (Å²) in [5, 5.41) is 1.01. The third-order valence-electron chi connectivity index (χ3n) is 1.65. The van der Waals surface area contributed by atoms with Crippen LogP contribution >= 0.6 is 22.9 Å². The Morgan fingerprint density at radius 3 is 2.83 bits per heavy atom. The maximum atomic E-state index is 5.92. The van der Waals surface area contributed by atoms with Crippen LogP contribution in [-0.4, -0.2) is 4.98 Å². The van der Waals surface area contributed by atoms with Crippen molar-refractivity contribution in [2.45, 2.75) is 12.3 Å². The van der Waals surface area contributed by atoms with Gasteiger partial charge in [-0.2, -0.15) is 0 Å². The molecule has 1 aromatic carbocycles. The van der Waals surface area contributed by atoms with Crippen LogP contribution in [0.1, 0.15) is 17.3 Å². The number of para-hydroxylation sites is 1. The first-order chi connectivity index (χ1) is 5.77. The van der Waals surface area contributed by atoms with Crippen molar-refractivity contribution in [3.8, 4) is 0 Å². The lowest BCUT2D eigenvalue weighted by Gasteiger charge is -1.91. The fourth-order valence-corrected chi connectivity index (χ4v) is 2.14. The van der Waals surface area contributed by atoms with Gasteiger partial charge in [-0.05, 0) is 19.1 Å². The van der Waals surface area contributed by atoms with Gasteiger partial charge >= 0.3 is 0 Å². The number of hydrogen-bond acceptors (Lipinski definition) is 2. The van der Waals surface area contributed by atoms with Crippen molar-refractivity contribution in [3.05, 3.63) is 29.3 Å². The average Bonchev–Trinajstić information content (AvgIpc) is 2.46. The zero-order chi connectivity index (χ0) is 8.55. The van der Waals surface area contributed by atoms with E-state index < -0.39 is 0 Å². The number of aromatic nitrogens is 1. The molecule has 3 heteroatoms. The van der Waals surface area contributed by atoms with Crippen molar-refractivity contribution >= 4 is 33.2 Å². The first-order valence-corrected chi connectivity index (χ1v) is 5.02. The molecule has 0 amide bonds. The molecule has 0 aliphatic carbocycles. The second-order valence-corrected chi connectivity index (χ2v) is 4.35. The fraction of sp³-hybridized carbons (Fsp3) is 0.222. The lowest BCUT2D eigenvalue weighted by atomic mass is 10.3. The summed E-state index contributed by atoms with van der Waals surface area (Å²) in [7, 11) is 0. The second-order valence-electron chi connectivity index (χ2n) is 2.64. The minimum Gasteiger partial charge on any atom is -0.240 e. The standard InChI is InChI=1S/C9H8ClNS/c1-6(10)9-11-7-4-2-3-5-8(7)12-9/h2-6H,1H3/t6-/m1/s1. The highest BCUT2D eigenvalue weighted by molar-refractivity contribution is 7.18. The molecule has 0 unspecified atom stereocenters. The van der Waals surface area contributed by atoms with E-state index in [1.165, 1.54) is 4.70 Å². The number of thiazole rings is 1. The van der Waals surface area contributed by atoms with Gasteiger partial charge in [-0.1, -0.05) is 12.1 Å². The summed E-state index contributed by atoms with van der Waals surface area (Å²) >= 11 is 7.58. The Morgan fingerprint density at radius 2 is 2.17 bits per heavy atom. The highest BCUT2D eigenvalue weighted by atomic mass is 35.5. The van der Waals surface area contributed by atoms with Gasteiger partial charge in [0.2, 0.25) is 0 Å². The van der Waals surface area contributed by atoms with Crippen LogP contribution in [0.15, 0.2) is 24.3 Å². The molecule has 0 bridgehead atoms. The van der Waals surface area contributed by atoms with Crippen LogP contribution in [0.2, 0.25) is 0 Å². The van der Waals surface area contributed by atoms with Crippen LogP contribution in [0.5, 0.6) is 0 Å². The third-order valence-corrected chi connectivity index (χ3v) is 3.21. The highest BCUT2D eigenvalue weighted by Gasteiger charge is 2.07. The number of alkyl halides is 1. The minimum atomic E-state index is 0.0161. The first-order valence-electron chi connectivity index (χ1n) is 3.77. The molecule has 0 aliphatic rings. The Morgan fingerprint density at radius 1 is 1.42 bits per heavy atom.